The van der Waals surface area contributed by atoms with E-state index in [1.54, 1.807) is 29.4 Å². The predicted molar refractivity (Wildman–Crippen MR) is 75.1 cm³/mol. The Hall–Kier alpha value is -2.28. The normalized spacial score (nSPS) is 10.8. The van der Waals surface area contributed by atoms with Crippen LogP contribution in [0.3, 0.4) is 0 Å². The molecule has 21 heavy (non-hydrogen) atoms. The Kier molecular flexibility index (Phi) is 3.92. The topological polar surface area (TPSA) is 43.6 Å². The molecule has 0 fully saturated rings. The summed E-state index contributed by atoms with van der Waals surface area (Å²) in [6, 6.07) is 7.52. The molecule has 3 rings (SSSR count). The minimum atomic E-state index is -0.840. The summed E-state index contributed by atoms with van der Waals surface area (Å²) in [6.45, 7) is 0. The monoisotopic (exact) mass is 304 g/mol. The lowest BCUT2D eigenvalue weighted by Crippen LogP contribution is -1.97. The van der Waals surface area contributed by atoms with Crippen molar-refractivity contribution in [2.24, 2.45) is 0 Å². The van der Waals surface area contributed by atoms with E-state index in [4.69, 9.17) is 0 Å². The summed E-state index contributed by atoms with van der Waals surface area (Å²) in [7, 11) is 0. The summed E-state index contributed by atoms with van der Waals surface area (Å²) in [5.41, 5.74) is 0.694. The van der Waals surface area contributed by atoms with Crippen molar-refractivity contribution in [3.8, 4) is 5.82 Å². The Morgan fingerprint density at radius 3 is 2.62 bits per heavy atom. The molecule has 2 heterocycles. The average molecular weight is 304 g/mol. The zero-order valence-corrected chi connectivity index (χ0v) is 11.6. The minimum absolute atomic E-state index is 0.496. The molecule has 0 saturated heterocycles. The zero-order valence-electron chi connectivity index (χ0n) is 10.8. The fraction of sp³-hybridized carbons (Fsp3) is 0.0714. The number of imidazole rings is 1. The van der Waals surface area contributed by atoms with Gasteiger partial charge in [-0.1, -0.05) is 17.8 Å². The first-order valence-corrected chi connectivity index (χ1v) is 7.10. The van der Waals surface area contributed by atoms with Gasteiger partial charge in [-0.2, -0.15) is 0 Å². The third-order valence-corrected chi connectivity index (χ3v) is 3.76. The number of aromatic nitrogens is 4. The van der Waals surface area contributed by atoms with Crippen molar-refractivity contribution in [1.29, 1.82) is 0 Å². The fourth-order valence-corrected chi connectivity index (χ4v) is 2.47. The van der Waals surface area contributed by atoms with Gasteiger partial charge in [0.15, 0.2) is 17.5 Å². The van der Waals surface area contributed by atoms with Crippen LogP contribution < -0.4 is 0 Å². The third kappa shape index (κ3) is 3.25. The smallest absolute Gasteiger partial charge is 0.160 e. The van der Waals surface area contributed by atoms with Crippen molar-refractivity contribution in [1.82, 2.24) is 19.7 Å². The van der Waals surface area contributed by atoms with Gasteiger partial charge >= 0.3 is 0 Å². The Morgan fingerprint density at radius 1 is 1.05 bits per heavy atom. The van der Waals surface area contributed by atoms with Crippen LogP contribution in [-0.4, -0.2) is 19.7 Å². The second kappa shape index (κ2) is 6.01. The summed E-state index contributed by atoms with van der Waals surface area (Å²) in [5, 5.41) is 8.88. The standard InChI is InChI=1S/C14H10F2N4S/c15-11-2-1-10(7-12(11)16)8-21-14-4-3-13(18-19-14)20-6-5-17-9-20/h1-7,9H,8H2. The molecule has 0 aliphatic carbocycles. The molecular formula is C14H10F2N4S. The molecule has 2 aromatic heterocycles. The lowest BCUT2D eigenvalue weighted by atomic mass is 10.2. The van der Waals surface area contributed by atoms with Crippen LogP contribution >= 0.6 is 11.8 Å². The van der Waals surface area contributed by atoms with Crippen LogP contribution in [0.1, 0.15) is 5.56 Å². The zero-order chi connectivity index (χ0) is 14.7. The molecule has 0 radical (unpaired) electrons. The maximum absolute atomic E-state index is 13.1. The number of benzene rings is 1. The maximum atomic E-state index is 13.1. The number of thioether (sulfide) groups is 1. The van der Waals surface area contributed by atoms with Gasteiger partial charge in [0.2, 0.25) is 0 Å². The SMILES string of the molecule is Fc1ccc(CSc2ccc(-n3ccnc3)nn2)cc1F. The molecule has 0 atom stereocenters. The molecule has 0 saturated carbocycles. The highest BCUT2D eigenvalue weighted by Crippen LogP contribution is 2.21. The number of rotatable bonds is 4. The summed E-state index contributed by atoms with van der Waals surface area (Å²) < 4.78 is 27.7. The molecule has 106 valence electrons. The van der Waals surface area contributed by atoms with Gasteiger partial charge in [-0.05, 0) is 29.8 Å². The summed E-state index contributed by atoms with van der Waals surface area (Å²) in [4.78, 5) is 3.94. The molecule has 0 bridgehead atoms. The molecule has 0 spiro atoms. The fourth-order valence-electron chi connectivity index (χ4n) is 1.71. The van der Waals surface area contributed by atoms with Crippen molar-refractivity contribution in [3.63, 3.8) is 0 Å². The van der Waals surface area contributed by atoms with Crippen LogP contribution in [0, 0.1) is 11.6 Å². The quantitative estimate of drug-likeness (QED) is 0.694. The van der Waals surface area contributed by atoms with Crippen LogP contribution in [0.25, 0.3) is 5.82 Å². The van der Waals surface area contributed by atoms with Crippen molar-refractivity contribution >= 4 is 11.8 Å². The van der Waals surface area contributed by atoms with Gasteiger partial charge in [-0.15, -0.1) is 10.2 Å². The number of hydrogen-bond acceptors (Lipinski definition) is 4. The molecule has 1 aromatic carbocycles. The first kappa shape index (κ1) is 13.7. The van der Waals surface area contributed by atoms with Gasteiger partial charge in [0.05, 0.1) is 0 Å². The Labute approximate surface area is 123 Å². The van der Waals surface area contributed by atoms with Crippen LogP contribution in [0.5, 0.6) is 0 Å². The molecule has 0 aliphatic rings. The van der Waals surface area contributed by atoms with E-state index in [-0.39, 0.29) is 0 Å². The van der Waals surface area contributed by atoms with E-state index < -0.39 is 11.6 Å². The second-order valence-corrected chi connectivity index (χ2v) is 5.23. The van der Waals surface area contributed by atoms with Crippen molar-refractivity contribution in [3.05, 3.63) is 66.3 Å². The first-order chi connectivity index (χ1) is 10.2. The van der Waals surface area contributed by atoms with E-state index in [1.807, 2.05) is 12.1 Å². The van der Waals surface area contributed by atoms with E-state index in [0.717, 1.165) is 6.07 Å². The molecule has 7 heteroatoms. The first-order valence-electron chi connectivity index (χ1n) is 6.11. The molecule has 0 N–H and O–H groups in total. The van der Waals surface area contributed by atoms with E-state index >= 15 is 0 Å². The van der Waals surface area contributed by atoms with Crippen molar-refractivity contribution in [2.75, 3.05) is 0 Å². The summed E-state index contributed by atoms with van der Waals surface area (Å²) >= 11 is 1.41. The van der Waals surface area contributed by atoms with E-state index in [9.17, 15) is 8.78 Å². The van der Waals surface area contributed by atoms with Crippen LogP contribution in [0.2, 0.25) is 0 Å². The Balaban J connectivity index is 1.66. The molecular weight excluding hydrogens is 294 g/mol. The molecule has 0 amide bonds. The summed E-state index contributed by atoms with van der Waals surface area (Å²) in [5.74, 6) is -0.511. The van der Waals surface area contributed by atoms with E-state index in [1.165, 1.54) is 17.8 Å². The van der Waals surface area contributed by atoms with Gasteiger partial charge in [-0.3, -0.25) is 4.57 Å². The van der Waals surface area contributed by atoms with Crippen molar-refractivity contribution < 1.29 is 8.78 Å². The van der Waals surface area contributed by atoms with Crippen LogP contribution in [-0.2, 0) is 5.75 Å². The number of halogens is 2. The molecule has 3 aromatic rings. The van der Waals surface area contributed by atoms with Gasteiger partial charge in [0, 0.05) is 18.1 Å². The molecule has 4 nitrogen and oxygen atoms in total. The summed E-state index contributed by atoms with van der Waals surface area (Å²) in [6.07, 6.45) is 5.07. The maximum Gasteiger partial charge on any atom is 0.160 e. The molecule has 0 aliphatic heterocycles. The number of nitrogens with zero attached hydrogens (tertiary/aromatic N) is 4. The Bertz CT molecular complexity index is 729. The Morgan fingerprint density at radius 2 is 1.95 bits per heavy atom. The highest BCUT2D eigenvalue weighted by atomic mass is 32.2. The lowest BCUT2D eigenvalue weighted by molar-refractivity contribution is 0.507. The predicted octanol–water partition coefficient (Wildman–Crippen LogP) is 3.23. The third-order valence-electron chi connectivity index (χ3n) is 2.77. The molecule has 0 unspecified atom stereocenters. The highest BCUT2D eigenvalue weighted by Gasteiger charge is 2.05. The van der Waals surface area contributed by atoms with Crippen molar-refractivity contribution in [2.45, 2.75) is 10.8 Å². The second-order valence-electron chi connectivity index (χ2n) is 4.24. The van der Waals surface area contributed by atoms with Crippen LogP contribution in [0.15, 0.2) is 54.1 Å². The van der Waals surface area contributed by atoms with Gasteiger partial charge in [0.1, 0.15) is 11.4 Å². The largest absolute Gasteiger partial charge is 0.289 e. The van der Waals surface area contributed by atoms with Crippen LogP contribution in [0.4, 0.5) is 8.78 Å². The van der Waals surface area contributed by atoms with Gasteiger partial charge < -0.3 is 0 Å². The minimum Gasteiger partial charge on any atom is -0.289 e. The van der Waals surface area contributed by atoms with E-state index in [2.05, 4.69) is 15.2 Å². The van der Waals surface area contributed by atoms with E-state index in [0.29, 0.717) is 22.2 Å². The highest BCUT2D eigenvalue weighted by molar-refractivity contribution is 7.98. The average Bonchev–Trinajstić information content (AvgIpc) is 3.03. The lowest BCUT2D eigenvalue weighted by Gasteiger charge is -2.03. The van der Waals surface area contributed by atoms with Gasteiger partial charge in [0.25, 0.3) is 0 Å². The number of hydrogen-bond donors (Lipinski definition) is 0. The van der Waals surface area contributed by atoms with Gasteiger partial charge in [-0.25, -0.2) is 13.8 Å².